The minimum absolute atomic E-state index is 0.315. The highest BCUT2D eigenvalue weighted by molar-refractivity contribution is 5.07. The quantitative estimate of drug-likeness (QED) is 0.822. The van der Waals surface area contributed by atoms with E-state index >= 15 is 0 Å². The second-order valence-corrected chi connectivity index (χ2v) is 5.88. The smallest absolute Gasteiger partial charge is 0.0736 e. The summed E-state index contributed by atoms with van der Waals surface area (Å²) in [6.45, 7) is 6.80. The second-order valence-electron chi connectivity index (χ2n) is 5.88. The fourth-order valence-electron chi connectivity index (χ4n) is 2.91. The summed E-state index contributed by atoms with van der Waals surface area (Å²) in [7, 11) is 0. The van der Waals surface area contributed by atoms with Crippen LogP contribution in [0.15, 0.2) is 36.9 Å². The van der Waals surface area contributed by atoms with Crippen LogP contribution in [-0.2, 0) is 24.4 Å². The van der Waals surface area contributed by atoms with Crippen LogP contribution in [0.5, 0.6) is 0 Å². The van der Waals surface area contributed by atoms with Crippen LogP contribution in [-0.4, -0.2) is 38.9 Å². The zero-order valence-electron chi connectivity index (χ0n) is 13.2. The number of pyridine rings is 1. The fourth-order valence-corrected chi connectivity index (χ4v) is 2.91. The molecule has 0 spiro atoms. The Bertz CT molecular complexity index is 569. The zero-order chi connectivity index (χ0) is 15.2. The molecule has 1 fully saturated rings. The number of rotatable bonds is 6. The summed E-state index contributed by atoms with van der Waals surface area (Å²) in [5.74, 6) is 0. The average Bonchev–Trinajstić information content (AvgIpc) is 3.02. The molecule has 0 aliphatic carbocycles. The molecular formula is C17H24N4O. The molecule has 1 saturated heterocycles. The molecule has 3 rings (SSSR count). The lowest BCUT2D eigenvalue weighted by Crippen LogP contribution is -2.39. The lowest BCUT2D eigenvalue weighted by molar-refractivity contribution is -0.0121. The Hall–Kier alpha value is -1.72. The standard InChI is InChI=1S/C17H24N4O/c1-2-21-12-16(10-19-21)11-20-8-4-6-17(13-20)22-14-15-5-3-7-18-9-15/h3,5,7,9-10,12,17H,2,4,6,8,11,13-14H2,1H3/t17-/m1/s1. The molecule has 1 aliphatic rings. The van der Waals surface area contributed by atoms with E-state index in [1.165, 1.54) is 12.0 Å². The molecule has 0 unspecified atom stereocenters. The van der Waals surface area contributed by atoms with Crippen molar-refractivity contribution >= 4 is 0 Å². The Morgan fingerprint density at radius 1 is 1.32 bits per heavy atom. The van der Waals surface area contributed by atoms with Crippen molar-refractivity contribution in [3.8, 4) is 0 Å². The Morgan fingerprint density at radius 3 is 3.05 bits per heavy atom. The molecule has 0 radical (unpaired) electrons. The predicted molar refractivity (Wildman–Crippen MR) is 85.2 cm³/mol. The summed E-state index contributed by atoms with van der Waals surface area (Å²) in [6.07, 6.45) is 10.4. The number of likely N-dealkylation sites (tertiary alicyclic amines) is 1. The molecule has 22 heavy (non-hydrogen) atoms. The third-order valence-electron chi connectivity index (χ3n) is 4.09. The van der Waals surface area contributed by atoms with Crippen molar-refractivity contribution in [1.29, 1.82) is 0 Å². The van der Waals surface area contributed by atoms with Crippen LogP contribution in [0.1, 0.15) is 30.9 Å². The molecular weight excluding hydrogens is 276 g/mol. The molecule has 0 amide bonds. The molecule has 0 aromatic carbocycles. The SMILES string of the molecule is CCn1cc(CN2CCC[C@@H](OCc3cccnc3)C2)cn1. The van der Waals surface area contributed by atoms with Crippen LogP contribution >= 0.6 is 0 Å². The summed E-state index contributed by atoms with van der Waals surface area (Å²) in [6, 6.07) is 4.02. The van der Waals surface area contributed by atoms with Gasteiger partial charge in [-0.1, -0.05) is 6.07 Å². The molecule has 2 aromatic heterocycles. The van der Waals surface area contributed by atoms with Gasteiger partial charge >= 0.3 is 0 Å². The van der Waals surface area contributed by atoms with Crippen molar-refractivity contribution in [2.45, 2.75) is 45.6 Å². The van der Waals surface area contributed by atoms with Crippen molar-refractivity contribution in [2.24, 2.45) is 0 Å². The van der Waals surface area contributed by atoms with Gasteiger partial charge in [0.2, 0.25) is 0 Å². The van der Waals surface area contributed by atoms with Gasteiger partial charge in [0.1, 0.15) is 0 Å². The monoisotopic (exact) mass is 300 g/mol. The van der Waals surface area contributed by atoms with Crippen LogP contribution in [0.3, 0.4) is 0 Å². The number of hydrogen-bond donors (Lipinski definition) is 0. The van der Waals surface area contributed by atoms with Crippen LogP contribution in [0.25, 0.3) is 0 Å². The number of nitrogens with zero attached hydrogens (tertiary/aromatic N) is 4. The van der Waals surface area contributed by atoms with Crippen LogP contribution in [0, 0.1) is 0 Å². The van der Waals surface area contributed by atoms with Gasteiger partial charge in [0.05, 0.1) is 18.9 Å². The third-order valence-corrected chi connectivity index (χ3v) is 4.09. The van der Waals surface area contributed by atoms with Gasteiger partial charge in [0, 0.05) is 43.8 Å². The predicted octanol–water partition coefficient (Wildman–Crippen LogP) is 2.48. The largest absolute Gasteiger partial charge is 0.372 e. The minimum Gasteiger partial charge on any atom is -0.372 e. The normalized spacial score (nSPS) is 19.4. The molecule has 1 aliphatic heterocycles. The number of ether oxygens (including phenoxy) is 1. The first kappa shape index (κ1) is 15.2. The van der Waals surface area contributed by atoms with Gasteiger partial charge in [-0.25, -0.2) is 0 Å². The minimum atomic E-state index is 0.315. The topological polar surface area (TPSA) is 43.2 Å². The van der Waals surface area contributed by atoms with Gasteiger partial charge in [0.15, 0.2) is 0 Å². The van der Waals surface area contributed by atoms with Gasteiger partial charge in [-0.15, -0.1) is 0 Å². The first-order valence-corrected chi connectivity index (χ1v) is 8.07. The van der Waals surface area contributed by atoms with Crippen LogP contribution in [0.4, 0.5) is 0 Å². The van der Waals surface area contributed by atoms with Crippen molar-refractivity contribution in [1.82, 2.24) is 19.7 Å². The zero-order valence-corrected chi connectivity index (χ0v) is 13.2. The van der Waals surface area contributed by atoms with Crippen molar-refractivity contribution < 1.29 is 4.74 Å². The molecule has 5 heteroatoms. The first-order chi connectivity index (χ1) is 10.8. The summed E-state index contributed by atoms with van der Waals surface area (Å²) in [5, 5.41) is 4.35. The third kappa shape index (κ3) is 4.15. The van der Waals surface area contributed by atoms with Gasteiger partial charge in [-0.2, -0.15) is 5.10 Å². The summed E-state index contributed by atoms with van der Waals surface area (Å²) in [5.41, 5.74) is 2.43. The van der Waals surface area contributed by atoms with Crippen molar-refractivity contribution in [3.05, 3.63) is 48.0 Å². The van der Waals surface area contributed by atoms with Gasteiger partial charge in [0.25, 0.3) is 0 Å². The number of aryl methyl sites for hydroxylation is 1. The van der Waals surface area contributed by atoms with E-state index < -0.39 is 0 Å². The van der Waals surface area contributed by atoms with E-state index in [0.717, 1.165) is 38.2 Å². The van der Waals surface area contributed by atoms with E-state index in [1.807, 2.05) is 23.1 Å². The lowest BCUT2D eigenvalue weighted by atomic mass is 10.1. The van der Waals surface area contributed by atoms with Crippen molar-refractivity contribution in [3.63, 3.8) is 0 Å². The molecule has 2 aromatic rings. The second kappa shape index (κ2) is 7.51. The van der Waals surface area contributed by atoms with Crippen LogP contribution in [0.2, 0.25) is 0 Å². The molecule has 5 nitrogen and oxygen atoms in total. The van der Waals surface area contributed by atoms with E-state index in [9.17, 15) is 0 Å². The van der Waals surface area contributed by atoms with Gasteiger partial charge < -0.3 is 4.74 Å². The molecule has 0 saturated carbocycles. The highest BCUT2D eigenvalue weighted by Crippen LogP contribution is 2.17. The maximum Gasteiger partial charge on any atom is 0.0736 e. The summed E-state index contributed by atoms with van der Waals surface area (Å²) in [4.78, 5) is 6.60. The van der Waals surface area contributed by atoms with E-state index in [1.54, 1.807) is 6.20 Å². The van der Waals surface area contributed by atoms with Crippen LogP contribution < -0.4 is 0 Å². The summed E-state index contributed by atoms with van der Waals surface area (Å²) < 4.78 is 8.04. The van der Waals surface area contributed by atoms with E-state index in [2.05, 4.69) is 34.2 Å². The molecule has 118 valence electrons. The number of hydrogen-bond acceptors (Lipinski definition) is 4. The fraction of sp³-hybridized carbons (Fsp3) is 0.529. The molecule has 1 atom stereocenters. The number of piperidine rings is 1. The average molecular weight is 300 g/mol. The maximum atomic E-state index is 6.06. The highest BCUT2D eigenvalue weighted by Gasteiger charge is 2.20. The van der Waals surface area contributed by atoms with Crippen molar-refractivity contribution in [2.75, 3.05) is 13.1 Å². The van der Waals surface area contributed by atoms with Gasteiger partial charge in [-0.05, 0) is 37.9 Å². The Balaban J connectivity index is 1.48. The Labute approximate surface area is 131 Å². The highest BCUT2D eigenvalue weighted by atomic mass is 16.5. The Morgan fingerprint density at radius 2 is 2.27 bits per heavy atom. The number of aromatic nitrogens is 3. The van der Waals surface area contributed by atoms with Gasteiger partial charge in [-0.3, -0.25) is 14.6 Å². The van der Waals surface area contributed by atoms with E-state index in [-0.39, 0.29) is 0 Å². The first-order valence-electron chi connectivity index (χ1n) is 8.07. The molecule has 0 N–H and O–H groups in total. The van der Waals surface area contributed by atoms with E-state index in [4.69, 9.17) is 4.74 Å². The maximum absolute atomic E-state index is 6.06. The molecule has 3 heterocycles. The summed E-state index contributed by atoms with van der Waals surface area (Å²) >= 11 is 0. The lowest BCUT2D eigenvalue weighted by Gasteiger charge is -2.32. The Kier molecular flexibility index (Phi) is 5.19. The molecule has 0 bridgehead atoms. The van der Waals surface area contributed by atoms with E-state index in [0.29, 0.717) is 12.7 Å².